The molecule has 0 saturated carbocycles. The van der Waals surface area contributed by atoms with Gasteiger partial charge in [-0.15, -0.1) is 4.40 Å². The topological polar surface area (TPSA) is 75.8 Å². The van der Waals surface area contributed by atoms with E-state index in [4.69, 9.17) is 5.84 Å². The SMILES string of the molecule is CCC(C)C1=NS(=O)(=O)c2cc(F)ccc2N1N. The molecule has 0 bridgehead atoms. The van der Waals surface area contributed by atoms with Crippen LogP contribution in [0.2, 0.25) is 0 Å². The van der Waals surface area contributed by atoms with Gasteiger partial charge >= 0.3 is 0 Å². The lowest BCUT2D eigenvalue weighted by molar-refractivity contribution is 0.589. The van der Waals surface area contributed by atoms with Crippen molar-refractivity contribution in [2.45, 2.75) is 25.2 Å². The van der Waals surface area contributed by atoms with Gasteiger partial charge in [-0.1, -0.05) is 13.8 Å². The minimum Gasteiger partial charge on any atom is -0.264 e. The van der Waals surface area contributed by atoms with Gasteiger partial charge in [-0.2, -0.15) is 8.42 Å². The van der Waals surface area contributed by atoms with Gasteiger partial charge < -0.3 is 0 Å². The summed E-state index contributed by atoms with van der Waals surface area (Å²) in [7, 11) is -3.88. The van der Waals surface area contributed by atoms with Crippen molar-refractivity contribution < 1.29 is 12.8 Å². The smallest absolute Gasteiger partial charge is 0.264 e. The number of fused-ring (bicyclic) bond motifs is 1. The molecule has 1 unspecified atom stereocenters. The quantitative estimate of drug-likeness (QED) is 0.830. The number of nitrogens with zero attached hydrogens (tertiary/aromatic N) is 2. The van der Waals surface area contributed by atoms with Crippen molar-refractivity contribution in [3.8, 4) is 0 Å². The summed E-state index contributed by atoms with van der Waals surface area (Å²) in [6.07, 6.45) is 0.707. The Morgan fingerprint density at radius 1 is 1.50 bits per heavy atom. The molecule has 0 saturated heterocycles. The Hall–Kier alpha value is -1.47. The van der Waals surface area contributed by atoms with Crippen LogP contribution in [0.1, 0.15) is 20.3 Å². The summed E-state index contributed by atoms with van der Waals surface area (Å²) >= 11 is 0. The van der Waals surface area contributed by atoms with Crippen LogP contribution in [0.15, 0.2) is 27.5 Å². The number of hydrogen-bond acceptors (Lipinski definition) is 4. The van der Waals surface area contributed by atoms with Gasteiger partial charge in [0.05, 0.1) is 5.69 Å². The highest BCUT2D eigenvalue weighted by atomic mass is 32.2. The van der Waals surface area contributed by atoms with E-state index in [9.17, 15) is 12.8 Å². The van der Waals surface area contributed by atoms with E-state index in [2.05, 4.69) is 4.40 Å². The molecule has 1 aliphatic heterocycles. The van der Waals surface area contributed by atoms with Crippen molar-refractivity contribution in [1.82, 2.24) is 0 Å². The van der Waals surface area contributed by atoms with Crippen LogP contribution in [0, 0.1) is 11.7 Å². The van der Waals surface area contributed by atoms with Gasteiger partial charge in [0.25, 0.3) is 10.0 Å². The molecule has 0 aromatic heterocycles. The molecule has 1 atom stereocenters. The summed E-state index contributed by atoms with van der Waals surface area (Å²) in [5.74, 6) is 5.40. The molecule has 1 aromatic carbocycles. The fraction of sp³-hybridized carbons (Fsp3) is 0.364. The zero-order chi connectivity index (χ0) is 13.5. The third kappa shape index (κ3) is 1.99. The molecule has 2 rings (SSSR count). The predicted molar refractivity (Wildman–Crippen MR) is 67.1 cm³/mol. The summed E-state index contributed by atoms with van der Waals surface area (Å²) in [6.45, 7) is 3.75. The molecule has 1 heterocycles. The van der Waals surface area contributed by atoms with E-state index in [0.717, 1.165) is 6.07 Å². The Balaban J connectivity index is 2.64. The third-order valence-corrected chi connectivity index (χ3v) is 4.28. The number of hydrazine groups is 1. The van der Waals surface area contributed by atoms with E-state index >= 15 is 0 Å². The van der Waals surface area contributed by atoms with Gasteiger partial charge in [-0.05, 0) is 24.6 Å². The molecule has 5 nitrogen and oxygen atoms in total. The summed E-state index contributed by atoms with van der Waals surface area (Å²) in [6, 6.07) is 3.45. The number of benzene rings is 1. The second kappa shape index (κ2) is 4.33. The summed E-state index contributed by atoms with van der Waals surface area (Å²) in [4.78, 5) is -0.197. The van der Waals surface area contributed by atoms with Crippen molar-refractivity contribution in [3.05, 3.63) is 24.0 Å². The molecule has 0 aliphatic carbocycles. The Kier molecular flexibility index (Phi) is 3.12. The van der Waals surface area contributed by atoms with Crippen LogP contribution in [-0.2, 0) is 10.0 Å². The van der Waals surface area contributed by atoms with Gasteiger partial charge in [0.15, 0.2) is 0 Å². The Bertz CT molecular complexity index is 613. The number of halogens is 1. The maximum Gasteiger partial charge on any atom is 0.286 e. The molecule has 7 heteroatoms. The van der Waals surface area contributed by atoms with Crippen LogP contribution in [-0.4, -0.2) is 14.3 Å². The zero-order valence-corrected chi connectivity index (χ0v) is 10.9. The van der Waals surface area contributed by atoms with E-state index < -0.39 is 15.8 Å². The first kappa shape index (κ1) is 13.0. The second-order valence-corrected chi connectivity index (χ2v) is 5.79. The number of amidine groups is 1. The third-order valence-electron chi connectivity index (χ3n) is 2.97. The van der Waals surface area contributed by atoms with Crippen LogP contribution < -0.4 is 10.9 Å². The minimum atomic E-state index is -3.88. The van der Waals surface area contributed by atoms with E-state index in [1.54, 1.807) is 0 Å². The molecular weight excluding hydrogens is 257 g/mol. The van der Waals surface area contributed by atoms with Gasteiger partial charge in [-0.3, -0.25) is 5.01 Å². The first-order valence-electron chi connectivity index (χ1n) is 5.56. The van der Waals surface area contributed by atoms with E-state index in [-0.39, 0.29) is 22.3 Å². The standard InChI is InChI=1S/C11H14FN3O2S/c1-3-7(2)11-14-18(16,17)10-6-8(12)4-5-9(10)15(11)13/h4-7H,3,13H2,1-2H3. The fourth-order valence-electron chi connectivity index (χ4n) is 1.74. The van der Waals surface area contributed by atoms with Gasteiger partial charge in [0, 0.05) is 5.92 Å². The van der Waals surface area contributed by atoms with Crippen molar-refractivity contribution in [2.75, 3.05) is 5.01 Å². The largest absolute Gasteiger partial charge is 0.286 e. The van der Waals surface area contributed by atoms with Crippen LogP contribution >= 0.6 is 0 Å². The normalized spacial score (nSPS) is 19.1. The van der Waals surface area contributed by atoms with E-state index in [0.29, 0.717) is 6.42 Å². The molecule has 98 valence electrons. The monoisotopic (exact) mass is 271 g/mol. The lowest BCUT2D eigenvalue weighted by Crippen LogP contribution is -2.44. The number of sulfonamides is 1. The molecule has 0 radical (unpaired) electrons. The van der Waals surface area contributed by atoms with Crippen molar-refractivity contribution >= 4 is 21.5 Å². The first-order chi connectivity index (χ1) is 8.36. The fourth-order valence-corrected chi connectivity index (χ4v) is 3.05. The second-order valence-electron chi connectivity index (χ2n) is 4.22. The summed E-state index contributed by atoms with van der Waals surface area (Å²) in [5, 5.41) is 1.21. The zero-order valence-electron chi connectivity index (χ0n) is 10.1. The summed E-state index contributed by atoms with van der Waals surface area (Å²) in [5.41, 5.74) is 0.252. The van der Waals surface area contributed by atoms with Crippen molar-refractivity contribution in [3.63, 3.8) is 0 Å². The van der Waals surface area contributed by atoms with Gasteiger partial charge in [0.1, 0.15) is 16.5 Å². The maximum atomic E-state index is 13.1. The average Bonchev–Trinajstić information content (AvgIpc) is 2.33. The van der Waals surface area contributed by atoms with Crippen molar-refractivity contribution in [2.24, 2.45) is 16.2 Å². The first-order valence-corrected chi connectivity index (χ1v) is 7.00. The highest BCUT2D eigenvalue weighted by molar-refractivity contribution is 7.90. The molecular formula is C11H14FN3O2S. The Morgan fingerprint density at radius 3 is 2.78 bits per heavy atom. The average molecular weight is 271 g/mol. The van der Waals surface area contributed by atoms with Crippen molar-refractivity contribution in [1.29, 1.82) is 0 Å². The Labute approximate surface area is 105 Å². The molecule has 18 heavy (non-hydrogen) atoms. The molecule has 1 aliphatic rings. The van der Waals surface area contributed by atoms with Crippen LogP contribution in [0.5, 0.6) is 0 Å². The van der Waals surface area contributed by atoms with E-state index in [1.165, 1.54) is 17.1 Å². The van der Waals surface area contributed by atoms with E-state index in [1.807, 2.05) is 13.8 Å². The Morgan fingerprint density at radius 2 is 2.17 bits per heavy atom. The van der Waals surface area contributed by atoms with Gasteiger partial charge in [0.2, 0.25) is 0 Å². The highest BCUT2D eigenvalue weighted by Crippen LogP contribution is 2.32. The lowest BCUT2D eigenvalue weighted by atomic mass is 10.1. The lowest BCUT2D eigenvalue weighted by Gasteiger charge is -2.29. The van der Waals surface area contributed by atoms with Gasteiger partial charge in [-0.25, -0.2) is 10.2 Å². The minimum absolute atomic E-state index is 0.0945. The van der Waals surface area contributed by atoms with Crippen LogP contribution in [0.25, 0.3) is 0 Å². The maximum absolute atomic E-state index is 13.1. The molecule has 0 amide bonds. The molecule has 2 N–H and O–H groups in total. The number of anilines is 1. The van der Waals surface area contributed by atoms with Crippen LogP contribution in [0.4, 0.5) is 10.1 Å². The predicted octanol–water partition coefficient (Wildman–Crippen LogP) is 1.65. The number of rotatable bonds is 2. The molecule has 1 aromatic rings. The highest BCUT2D eigenvalue weighted by Gasteiger charge is 2.31. The summed E-state index contributed by atoms with van der Waals surface area (Å²) < 4.78 is 40.7. The van der Waals surface area contributed by atoms with Crippen LogP contribution in [0.3, 0.4) is 0 Å². The molecule has 0 spiro atoms. The number of nitrogens with two attached hydrogens (primary N) is 1. The molecule has 0 fully saturated rings. The number of hydrogen-bond donors (Lipinski definition) is 1.